The molecule has 0 unspecified atom stereocenters. The van der Waals surface area contributed by atoms with Gasteiger partial charge >= 0.3 is 6.09 Å². The van der Waals surface area contributed by atoms with Crippen molar-refractivity contribution in [3.8, 4) is 11.5 Å². The third kappa shape index (κ3) is 7.20. The fourth-order valence-corrected chi connectivity index (χ4v) is 2.74. The predicted octanol–water partition coefficient (Wildman–Crippen LogP) is 3.18. The molecule has 0 saturated heterocycles. The first-order valence-electron chi connectivity index (χ1n) is 9.76. The van der Waals surface area contributed by atoms with Crippen LogP contribution in [-0.2, 0) is 17.7 Å². The van der Waals surface area contributed by atoms with Crippen LogP contribution in [0.15, 0.2) is 47.5 Å². The van der Waals surface area contributed by atoms with Gasteiger partial charge in [0, 0.05) is 18.8 Å². The summed E-state index contributed by atoms with van der Waals surface area (Å²) in [6.45, 7) is 4.04. The highest BCUT2D eigenvalue weighted by Crippen LogP contribution is 2.27. The molecule has 0 aromatic heterocycles. The number of methoxy groups -OCH3 is 3. The summed E-state index contributed by atoms with van der Waals surface area (Å²) in [4.78, 5) is 15.9. The number of carbonyl (C=O) groups excluding carboxylic acids is 1. The Morgan fingerprint density at radius 2 is 1.63 bits per heavy atom. The Labute approximate surface area is 177 Å². The van der Waals surface area contributed by atoms with Crippen LogP contribution in [0.3, 0.4) is 0 Å². The average Bonchev–Trinajstić information content (AvgIpc) is 2.78. The second-order valence-electron chi connectivity index (χ2n) is 6.37. The number of hydrogen-bond acceptors (Lipinski definition) is 5. The number of amides is 1. The highest BCUT2D eigenvalue weighted by atomic mass is 16.5. The van der Waals surface area contributed by atoms with Crippen molar-refractivity contribution in [1.29, 1.82) is 0 Å². The van der Waals surface area contributed by atoms with Crippen molar-refractivity contribution in [3.05, 3.63) is 53.6 Å². The molecule has 2 aromatic rings. The molecular formula is C22H30N4O4. The van der Waals surface area contributed by atoms with Crippen LogP contribution in [0, 0.1) is 0 Å². The van der Waals surface area contributed by atoms with Crippen molar-refractivity contribution >= 4 is 17.7 Å². The summed E-state index contributed by atoms with van der Waals surface area (Å²) in [7, 11) is 4.59. The number of guanidine groups is 1. The maximum absolute atomic E-state index is 11.2. The molecule has 0 atom stereocenters. The SMILES string of the molecule is CCNC(=NCc1ccc(NC(=O)OC)cc1)NCCc1ccc(OC)c(OC)c1. The van der Waals surface area contributed by atoms with Crippen molar-refractivity contribution in [1.82, 2.24) is 10.6 Å². The Kier molecular flexibility index (Phi) is 9.30. The highest BCUT2D eigenvalue weighted by molar-refractivity contribution is 5.84. The third-order valence-electron chi connectivity index (χ3n) is 4.30. The summed E-state index contributed by atoms with van der Waals surface area (Å²) in [5.41, 5.74) is 2.85. The quantitative estimate of drug-likeness (QED) is 0.431. The van der Waals surface area contributed by atoms with E-state index in [1.807, 2.05) is 49.4 Å². The number of hydrogen-bond donors (Lipinski definition) is 3. The Balaban J connectivity index is 1.90. The molecular weight excluding hydrogens is 384 g/mol. The van der Waals surface area contributed by atoms with E-state index in [0.717, 1.165) is 48.1 Å². The van der Waals surface area contributed by atoms with Gasteiger partial charge in [-0.2, -0.15) is 0 Å². The molecule has 0 radical (unpaired) electrons. The smallest absolute Gasteiger partial charge is 0.411 e. The maximum Gasteiger partial charge on any atom is 0.411 e. The van der Waals surface area contributed by atoms with E-state index in [1.165, 1.54) is 7.11 Å². The first-order valence-corrected chi connectivity index (χ1v) is 9.76. The Hall–Kier alpha value is -3.42. The molecule has 0 heterocycles. The summed E-state index contributed by atoms with van der Waals surface area (Å²) in [5.74, 6) is 2.19. The van der Waals surface area contributed by atoms with Gasteiger partial charge < -0.3 is 24.8 Å². The normalized spacial score (nSPS) is 10.9. The lowest BCUT2D eigenvalue weighted by Gasteiger charge is -2.13. The molecule has 2 rings (SSSR count). The molecule has 0 fully saturated rings. The van der Waals surface area contributed by atoms with Crippen molar-refractivity contribution in [2.45, 2.75) is 19.9 Å². The molecule has 0 bridgehead atoms. The third-order valence-corrected chi connectivity index (χ3v) is 4.30. The number of aliphatic imine (C=N–C) groups is 1. The van der Waals surface area contributed by atoms with Crippen LogP contribution >= 0.6 is 0 Å². The van der Waals surface area contributed by atoms with Crippen LogP contribution < -0.4 is 25.4 Å². The van der Waals surface area contributed by atoms with Gasteiger partial charge in [-0.05, 0) is 48.7 Å². The number of nitrogens with one attached hydrogen (secondary N) is 3. The van der Waals surface area contributed by atoms with E-state index in [4.69, 9.17) is 9.47 Å². The number of nitrogens with zero attached hydrogens (tertiary/aromatic N) is 1. The van der Waals surface area contributed by atoms with Gasteiger partial charge in [0.1, 0.15) is 0 Å². The minimum absolute atomic E-state index is 0.492. The van der Waals surface area contributed by atoms with Crippen molar-refractivity contribution in [3.63, 3.8) is 0 Å². The van der Waals surface area contributed by atoms with Crippen LogP contribution in [-0.4, -0.2) is 46.5 Å². The number of rotatable bonds is 9. The standard InChI is InChI=1S/C22H30N4O4/c1-5-23-21(24-13-12-16-8-11-19(28-2)20(14-16)29-3)25-15-17-6-9-18(10-7-17)26-22(27)30-4/h6-11,14H,5,12-13,15H2,1-4H3,(H,26,27)(H2,23,24,25). The minimum Gasteiger partial charge on any atom is -0.493 e. The lowest BCUT2D eigenvalue weighted by Crippen LogP contribution is -2.38. The van der Waals surface area contributed by atoms with E-state index in [2.05, 4.69) is 25.7 Å². The largest absolute Gasteiger partial charge is 0.493 e. The zero-order valence-electron chi connectivity index (χ0n) is 18.0. The summed E-state index contributed by atoms with van der Waals surface area (Å²) in [5, 5.41) is 9.21. The summed E-state index contributed by atoms with van der Waals surface area (Å²) in [6.07, 6.45) is 0.326. The molecule has 3 N–H and O–H groups in total. The molecule has 0 saturated carbocycles. The van der Waals surface area contributed by atoms with Crippen LogP contribution in [0.2, 0.25) is 0 Å². The maximum atomic E-state index is 11.2. The van der Waals surface area contributed by atoms with E-state index < -0.39 is 6.09 Å². The van der Waals surface area contributed by atoms with E-state index in [9.17, 15) is 4.79 Å². The van der Waals surface area contributed by atoms with Crippen LogP contribution in [0.25, 0.3) is 0 Å². The fourth-order valence-electron chi connectivity index (χ4n) is 2.74. The molecule has 1 amide bonds. The average molecular weight is 415 g/mol. The van der Waals surface area contributed by atoms with Crippen LogP contribution in [0.1, 0.15) is 18.1 Å². The van der Waals surface area contributed by atoms with Crippen molar-refractivity contribution < 1.29 is 19.0 Å². The number of carbonyl (C=O) groups is 1. The van der Waals surface area contributed by atoms with E-state index in [-0.39, 0.29) is 0 Å². The highest BCUT2D eigenvalue weighted by Gasteiger charge is 2.05. The zero-order valence-corrected chi connectivity index (χ0v) is 18.0. The molecule has 162 valence electrons. The molecule has 0 spiro atoms. The molecule has 0 aliphatic rings. The minimum atomic E-state index is -0.492. The second-order valence-corrected chi connectivity index (χ2v) is 6.37. The Morgan fingerprint density at radius 3 is 2.27 bits per heavy atom. The Morgan fingerprint density at radius 1 is 0.933 bits per heavy atom. The lowest BCUT2D eigenvalue weighted by atomic mass is 10.1. The zero-order chi connectivity index (χ0) is 21.8. The van der Waals surface area contributed by atoms with Crippen LogP contribution in [0.4, 0.5) is 10.5 Å². The second kappa shape index (κ2) is 12.2. The number of benzene rings is 2. The molecule has 0 aliphatic heterocycles. The van der Waals surface area contributed by atoms with Gasteiger partial charge in [0.2, 0.25) is 0 Å². The van der Waals surface area contributed by atoms with Gasteiger partial charge in [0.15, 0.2) is 17.5 Å². The molecule has 2 aromatic carbocycles. The molecule has 8 nitrogen and oxygen atoms in total. The first-order chi connectivity index (χ1) is 14.6. The van der Waals surface area contributed by atoms with Gasteiger partial charge in [0.25, 0.3) is 0 Å². The summed E-state index contributed by atoms with van der Waals surface area (Å²) < 4.78 is 15.2. The van der Waals surface area contributed by atoms with Crippen molar-refractivity contribution in [2.24, 2.45) is 4.99 Å². The summed E-state index contributed by atoms with van der Waals surface area (Å²) in [6, 6.07) is 13.4. The molecule has 30 heavy (non-hydrogen) atoms. The van der Waals surface area contributed by atoms with Gasteiger partial charge in [-0.3, -0.25) is 5.32 Å². The van der Waals surface area contributed by atoms with Crippen LogP contribution in [0.5, 0.6) is 11.5 Å². The lowest BCUT2D eigenvalue weighted by molar-refractivity contribution is 0.187. The van der Waals surface area contributed by atoms with E-state index in [0.29, 0.717) is 12.2 Å². The topological polar surface area (TPSA) is 93.2 Å². The number of anilines is 1. The van der Waals surface area contributed by atoms with E-state index in [1.54, 1.807) is 14.2 Å². The van der Waals surface area contributed by atoms with Gasteiger partial charge in [0.05, 0.1) is 27.9 Å². The molecule has 0 aliphatic carbocycles. The Bertz CT molecular complexity index is 838. The molecule has 8 heteroatoms. The van der Waals surface area contributed by atoms with Gasteiger partial charge in [-0.15, -0.1) is 0 Å². The monoisotopic (exact) mass is 414 g/mol. The predicted molar refractivity (Wildman–Crippen MR) is 119 cm³/mol. The number of ether oxygens (including phenoxy) is 3. The summed E-state index contributed by atoms with van der Waals surface area (Å²) >= 11 is 0. The fraction of sp³-hybridized carbons (Fsp3) is 0.364. The van der Waals surface area contributed by atoms with E-state index >= 15 is 0 Å². The van der Waals surface area contributed by atoms with Gasteiger partial charge in [-0.1, -0.05) is 18.2 Å². The van der Waals surface area contributed by atoms with Crippen molar-refractivity contribution in [2.75, 3.05) is 39.7 Å². The van der Waals surface area contributed by atoms with Gasteiger partial charge in [-0.25, -0.2) is 9.79 Å². The first kappa shape index (κ1) is 22.9.